The molecular formula is C13H15NOS. The van der Waals surface area contributed by atoms with Crippen molar-refractivity contribution in [1.82, 2.24) is 4.98 Å². The number of carbonyl (C=O) groups excluding carboxylic acids is 1. The van der Waals surface area contributed by atoms with Crippen molar-refractivity contribution in [2.24, 2.45) is 5.92 Å². The van der Waals surface area contributed by atoms with Gasteiger partial charge >= 0.3 is 0 Å². The molecule has 1 aromatic carbocycles. The van der Waals surface area contributed by atoms with Crippen LogP contribution in [0.5, 0.6) is 0 Å². The Kier molecular flexibility index (Phi) is 3.06. The first-order valence-electron chi connectivity index (χ1n) is 5.46. The second-order valence-corrected chi connectivity index (χ2v) is 5.54. The van der Waals surface area contributed by atoms with Gasteiger partial charge in [0.1, 0.15) is 0 Å². The molecule has 1 heterocycles. The molecule has 1 aromatic heterocycles. The monoisotopic (exact) mass is 233 g/mol. The zero-order chi connectivity index (χ0) is 11.7. The van der Waals surface area contributed by atoms with Crippen LogP contribution in [0, 0.1) is 12.8 Å². The quantitative estimate of drug-likeness (QED) is 0.754. The van der Waals surface area contributed by atoms with Crippen molar-refractivity contribution in [3.8, 4) is 0 Å². The average Bonchev–Trinajstić information content (AvgIpc) is 2.59. The van der Waals surface area contributed by atoms with Gasteiger partial charge in [0, 0.05) is 6.42 Å². The van der Waals surface area contributed by atoms with E-state index in [0.29, 0.717) is 17.3 Å². The molecule has 2 aromatic rings. The smallest absolute Gasteiger partial charge is 0.191 e. The van der Waals surface area contributed by atoms with E-state index in [2.05, 4.69) is 31.8 Å². The molecule has 0 N–H and O–H groups in total. The fourth-order valence-corrected chi connectivity index (χ4v) is 2.62. The molecule has 2 nitrogen and oxygen atoms in total. The molecule has 16 heavy (non-hydrogen) atoms. The summed E-state index contributed by atoms with van der Waals surface area (Å²) in [6.07, 6.45) is 0.582. The molecule has 3 heteroatoms. The molecule has 0 unspecified atom stereocenters. The van der Waals surface area contributed by atoms with E-state index in [4.69, 9.17) is 0 Å². The van der Waals surface area contributed by atoms with Gasteiger partial charge in [0.05, 0.1) is 10.2 Å². The third-order valence-electron chi connectivity index (χ3n) is 2.38. The number of hydrogen-bond acceptors (Lipinski definition) is 3. The van der Waals surface area contributed by atoms with Crippen LogP contribution in [0.4, 0.5) is 0 Å². The minimum Gasteiger partial charge on any atom is -0.292 e. The Labute approximate surface area is 99.3 Å². The summed E-state index contributed by atoms with van der Waals surface area (Å²) < 4.78 is 1.10. The number of ketones is 1. The number of hydrogen-bond donors (Lipinski definition) is 0. The van der Waals surface area contributed by atoms with Crippen LogP contribution in [0.15, 0.2) is 18.2 Å². The first kappa shape index (κ1) is 11.3. The van der Waals surface area contributed by atoms with Crippen molar-refractivity contribution in [2.75, 3.05) is 0 Å². The highest BCUT2D eigenvalue weighted by Gasteiger charge is 2.13. The highest BCUT2D eigenvalue weighted by atomic mass is 32.1. The van der Waals surface area contributed by atoms with Crippen molar-refractivity contribution in [3.63, 3.8) is 0 Å². The molecule has 0 aliphatic rings. The van der Waals surface area contributed by atoms with Gasteiger partial charge in [-0.15, -0.1) is 11.3 Å². The lowest BCUT2D eigenvalue weighted by atomic mass is 10.1. The van der Waals surface area contributed by atoms with Crippen molar-refractivity contribution >= 4 is 27.3 Å². The third kappa shape index (κ3) is 2.30. The van der Waals surface area contributed by atoms with E-state index in [1.54, 1.807) is 0 Å². The molecule has 0 amide bonds. The predicted molar refractivity (Wildman–Crippen MR) is 68.1 cm³/mol. The summed E-state index contributed by atoms with van der Waals surface area (Å²) in [4.78, 5) is 16.2. The molecular weight excluding hydrogens is 218 g/mol. The third-order valence-corrected chi connectivity index (χ3v) is 3.44. The van der Waals surface area contributed by atoms with Crippen LogP contribution in [0.2, 0.25) is 0 Å². The Hall–Kier alpha value is -1.22. The highest BCUT2D eigenvalue weighted by molar-refractivity contribution is 7.20. The topological polar surface area (TPSA) is 30.0 Å². The van der Waals surface area contributed by atoms with Crippen molar-refractivity contribution < 1.29 is 4.79 Å². The van der Waals surface area contributed by atoms with Gasteiger partial charge < -0.3 is 0 Å². The van der Waals surface area contributed by atoms with Gasteiger partial charge in [-0.25, -0.2) is 4.98 Å². The van der Waals surface area contributed by atoms with Crippen molar-refractivity contribution in [1.29, 1.82) is 0 Å². The number of aryl methyl sites for hydroxylation is 1. The Morgan fingerprint density at radius 1 is 1.44 bits per heavy atom. The molecule has 0 aliphatic carbocycles. The molecule has 0 atom stereocenters. The van der Waals surface area contributed by atoms with Crippen LogP contribution in [0.25, 0.3) is 10.2 Å². The normalized spacial score (nSPS) is 11.2. The fourth-order valence-electron chi connectivity index (χ4n) is 1.61. The predicted octanol–water partition coefficient (Wildman–Crippen LogP) is 3.83. The molecule has 0 spiro atoms. The maximum atomic E-state index is 11.9. The molecule has 0 saturated heterocycles. The number of thiazole rings is 1. The minimum atomic E-state index is 0.161. The molecule has 0 saturated carbocycles. The maximum absolute atomic E-state index is 11.9. The van der Waals surface area contributed by atoms with Gasteiger partial charge in [-0.3, -0.25) is 4.79 Å². The van der Waals surface area contributed by atoms with Gasteiger partial charge in [-0.05, 0) is 30.5 Å². The van der Waals surface area contributed by atoms with Gasteiger partial charge in [0.25, 0.3) is 0 Å². The Bertz CT molecular complexity index is 528. The minimum absolute atomic E-state index is 0.161. The summed E-state index contributed by atoms with van der Waals surface area (Å²) in [6.45, 7) is 6.15. The lowest BCUT2D eigenvalue weighted by Gasteiger charge is -1.99. The van der Waals surface area contributed by atoms with Gasteiger partial charge in [0.2, 0.25) is 0 Å². The largest absolute Gasteiger partial charge is 0.292 e. The summed E-state index contributed by atoms with van der Waals surface area (Å²) >= 11 is 1.50. The molecule has 0 bridgehead atoms. The van der Waals surface area contributed by atoms with Crippen LogP contribution in [-0.2, 0) is 0 Å². The second kappa shape index (κ2) is 4.34. The summed E-state index contributed by atoms with van der Waals surface area (Å²) in [6, 6.07) is 6.09. The molecule has 84 valence electrons. The lowest BCUT2D eigenvalue weighted by Crippen LogP contribution is -2.02. The van der Waals surface area contributed by atoms with E-state index >= 15 is 0 Å². The number of benzene rings is 1. The molecule has 0 aliphatic heterocycles. The van der Waals surface area contributed by atoms with Crippen LogP contribution < -0.4 is 0 Å². The highest BCUT2D eigenvalue weighted by Crippen LogP contribution is 2.24. The van der Waals surface area contributed by atoms with Crippen LogP contribution in [0.1, 0.15) is 35.6 Å². The first-order chi connectivity index (χ1) is 7.56. The van der Waals surface area contributed by atoms with Crippen molar-refractivity contribution in [3.05, 3.63) is 28.8 Å². The molecule has 0 fully saturated rings. The standard InChI is InChI=1S/C13H15NOS/c1-8(2)6-11(15)13-14-10-5-4-9(3)7-12(10)16-13/h4-5,7-8H,6H2,1-3H3. The Balaban J connectivity index is 2.36. The molecule has 2 rings (SSSR count). The summed E-state index contributed by atoms with van der Waals surface area (Å²) in [5.74, 6) is 0.551. The van der Waals surface area contributed by atoms with Gasteiger partial charge in [0.15, 0.2) is 10.8 Å². The SMILES string of the molecule is Cc1ccc2nc(C(=O)CC(C)C)sc2c1. The zero-order valence-corrected chi connectivity index (χ0v) is 10.6. The average molecular weight is 233 g/mol. The van der Waals surface area contributed by atoms with E-state index in [-0.39, 0.29) is 5.78 Å². The summed E-state index contributed by atoms with van der Waals surface area (Å²) in [5, 5.41) is 0.648. The lowest BCUT2D eigenvalue weighted by molar-refractivity contribution is 0.0967. The van der Waals surface area contributed by atoms with E-state index in [1.165, 1.54) is 16.9 Å². The fraction of sp³-hybridized carbons (Fsp3) is 0.385. The Morgan fingerprint density at radius 2 is 2.19 bits per heavy atom. The molecule has 0 radical (unpaired) electrons. The number of rotatable bonds is 3. The van der Waals surface area contributed by atoms with E-state index in [9.17, 15) is 4.79 Å². The van der Waals surface area contributed by atoms with Crippen LogP contribution in [-0.4, -0.2) is 10.8 Å². The number of aromatic nitrogens is 1. The maximum Gasteiger partial charge on any atom is 0.191 e. The number of carbonyl (C=O) groups is 1. The summed E-state index contributed by atoms with van der Waals surface area (Å²) in [7, 11) is 0. The van der Waals surface area contributed by atoms with E-state index < -0.39 is 0 Å². The van der Waals surface area contributed by atoms with Crippen LogP contribution >= 0.6 is 11.3 Å². The van der Waals surface area contributed by atoms with Crippen LogP contribution in [0.3, 0.4) is 0 Å². The zero-order valence-electron chi connectivity index (χ0n) is 9.78. The van der Waals surface area contributed by atoms with Gasteiger partial charge in [-0.2, -0.15) is 0 Å². The van der Waals surface area contributed by atoms with E-state index in [0.717, 1.165) is 10.2 Å². The van der Waals surface area contributed by atoms with Gasteiger partial charge in [-0.1, -0.05) is 19.9 Å². The first-order valence-corrected chi connectivity index (χ1v) is 6.28. The number of Topliss-reactive ketones (excluding diaryl/α,β-unsaturated/α-hetero) is 1. The van der Waals surface area contributed by atoms with E-state index in [1.807, 2.05) is 12.1 Å². The Morgan fingerprint density at radius 3 is 2.88 bits per heavy atom. The summed E-state index contributed by atoms with van der Waals surface area (Å²) in [5.41, 5.74) is 2.14. The van der Waals surface area contributed by atoms with Crippen molar-refractivity contribution in [2.45, 2.75) is 27.2 Å². The number of fused-ring (bicyclic) bond motifs is 1. The number of nitrogens with zero attached hydrogens (tertiary/aromatic N) is 1. The second-order valence-electron chi connectivity index (χ2n) is 4.51.